The lowest BCUT2D eigenvalue weighted by molar-refractivity contribution is -0.0778. The normalized spacial score (nSPS) is 20.1. The number of rotatable bonds is 2. The number of hydrogen-bond acceptors (Lipinski definition) is 1. The molecular formula is C11H14O. The third kappa shape index (κ3) is 1.05. The number of hydrogen-bond donors (Lipinski definition) is 0. The van der Waals surface area contributed by atoms with Crippen LogP contribution >= 0.6 is 0 Å². The predicted molar refractivity (Wildman–Crippen MR) is 49.0 cm³/mol. The van der Waals surface area contributed by atoms with E-state index in [1.54, 1.807) is 0 Å². The summed E-state index contributed by atoms with van der Waals surface area (Å²) in [5.74, 6) is 0. The van der Waals surface area contributed by atoms with Gasteiger partial charge < -0.3 is 4.74 Å². The highest BCUT2D eigenvalue weighted by Crippen LogP contribution is 2.43. The average Bonchev–Trinajstić information content (AvgIpc) is 2.05. The second-order valence-corrected chi connectivity index (χ2v) is 3.42. The standard InChI is InChI=1S/C11H14O/c1-12-11(8-5-9-11)10-6-3-2-4-7-10/h2-4,6-7H,5,8-9H2,1H3. The van der Waals surface area contributed by atoms with Crippen LogP contribution in [0.2, 0.25) is 0 Å². The molecule has 0 heterocycles. The van der Waals surface area contributed by atoms with Crippen molar-refractivity contribution in [2.75, 3.05) is 7.11 Å². The van der Waals surface area contributed by atoms with Gasteiger partial charge in [0.15, 0.2) is 0 Å². The molecule has 1 aromatic rings. The Morgan fingerprint density at radius 2 is 1.83 bits per heavy atom. The van der Waals surface area contributed by atoms with Gasteiger partial charge in [-0.1, -0.05) is 30.3 Å². The average molecular weight is 162 g/mol. The van der Waals surface area contributed by atoms with Crippen molar-refractivity contribution < 1.29 is 4.74 Å². The van der Waals surface area contributed by atoms with Gasteiger partial charge in [-0.15, -0.1) is 0 Å². The van der Waals surface area contributed by atoms with Gasteiger partial charge in [-0.25, -0.2) is 0 Å². The molecule has 2 rings (SSSR count). The molecule has 0 radical (unpaired) electrons. The van der Waals surface area contributed by atoms with Crippen LogP contribution < -0.4 is 0 Å². The van der Waals surface area contributed by atoms with E-state index in [0.717, 1.165) is 0 Å². The van der Waals surface area contributed by atoms with Crippen molar-refractivity contribution in [3.63, 3.8) is 0 Å². The summed E-state index contributed by atoms with van der Waals surface area (Å²) in [5.41, 5.74) is 1.39. The lowest BCUT2D eigenvalue weighted by Crippen LogP contribution is -2.35. The number of methoxy groups -OCH3 is 1. The molecule has 1 aliphatic rings. The fraction of sp³-hybridized carbons (Fsp3) is 0.455. The van der Waals surface area contributed by atoms with Crippen LogP contribution in [-0.4, -0.2) is 7.11 Å². The molecule has 1 aromatic carbocycles. The largest absolute Gasteiger partial charge is 0.374 e. The number of ether oxygens (including phenoxy) is 1. The maximum atomic E-state index is 5.56. The van der Waals surface area contributed by atoms with E-state index in [1.807, 2.05) is 13.2 Å². The minimum absolute atomic E-state index is 0.0568. The topological polar surface area (TPSA) is 9.23 Å². The maximum Gasteiger partial charge on any atom is 0.0927 e. The van der Waals surface area contributed by atoms with Crippen LogP contribution in [-0.2, 0) is 10.3 Å². The monoisotopic (exact) mass is 162 g/mol. The molecule has 0 bridgehead atoms. The van der Waals surface area contributed by atoms with E-state index in [9.17, 15) is 0 Å². The number of benzene rings is 1. The van der Waals surface area contributed by atoms with Gasteiger partial charge in [-0.2, -0.15) is 0 Å². The Labute approximate surface area is 73.4 Å². The molecule has 1 nitrogen and oxygen atoms in total. The molecule has 0 aromatic heterocycles. The van der Waals surface area contributed by atoms with E-state index in [4.69, 9.17) is 4.74 Å². The van der Waals surface area contributed by atoms with Crippen molar-refractivity contribution in [2.24, 2.45) is 0 Å². The lowest BCUT2D eigenvalue weighted by atomic mass is 9.75. The Kier molecular flexibility index (Phi) is 1.89. The zero-order valence-corrected chi connectivity index (χ0v) is 7.42. The second-order valence-electron chi connectivity index (χ2n) is 3.42. The lowest BCUT2D eigenvalue weighted by Gasteiger charge is -2.40. The molecular weight excluding hydrogens is 148 g/mol. The molecule has 0 spiro atoms. The summed E-state index contributed by atoms with van der Waals surface area (Å²) in [7, 11) is 1.81. The van der Waals surface area contributed by atoms with Crippen molar-refractivity contribution >= 4 is 0 Å². The molecule has 0 unspecified atom stereocenters. The Morgan fingerprint density at radius 3 is 2.25 bits per heavy atom. The van der Waals surface area contributed by atoms with Gasteiger partial charge in [-0.05, 0) is 24.8 Å². The van der Waals surface area contributed by atoms with Crippen LogP contribution in [0.25, 0.3) is 0 Å². The van der Waals surface area contributed by atoms with Crippen LogP contribution in [0.4, 0.5) is 0 Å². The van der Waals surface area contributed by atoms with E-state index in [2.05, 4.69) is 24.3 Å². The molecule has 0 atom stereocenters. The fourth-order valence-electron chi connectivity index (χ4n) is 1.85. The van der Waals surface area contributed by atoms with Crippen LogP contribution in [0.1, 0.15) is 24.8 Å². The van der Waals surface area contributed by atoms with Crippen molar-refractivity contribution in [3.8, 4) is 0 Å². The first-order valence-corrected chi connectivity index (χ1v) is 4.48. The molecule has 1 aliphatic carbocycles. The molecule has 1 heteroatoms. The minimum Gasteiger partial charge on any atom is -0.374 e. The molecule has 64 valence electrons. The smallest absolute Gasteiger partial charge is 0.0927 e. The molecule has 0 saturated heterocycles. The van der Waals surface area contributed by atoms with Crippen molar-refractivity contribution in [1.29, 1.82) is 0 Å². The highest BCUT2D eigenvalue weighted by molar-refractivity contribution is 5.24. The summed E-state index contributed by atoms with van der Waals surface area (Å²) < 4.78 is 5.56. The Morgan fingerprint density at radius 1 is 1.17 bits per heavy atom. The van der Waals surface area contributed by atoms with E-state index in [0.29, 0.717) is 0 Å². The molecule has 0 aliphatic heterocycles. The van der Waals surface area contributed by atoms with Crippen LogP contribution in [0.15, 0.2) is 30.3 Å². The molecule has 1 fully saturated rings. The highest BCUT2D eigenvalue weighted by atomic mass is 16.5. The zero-order valence-electron chi connectivity index (χ0n) is 7.42. The van der Waals surface area contributed by atoms with Gasteiger partial charge in [-0.3, -0.25) is 0 Å². The van der Waals surface area contributed by atoms with Crippen molar-refractivity contribution in [3.05, 3.63) is 35.9 Å². The molecule has 1 saturated carbocycles. The summed E-state index contributed by atoms with van der Waals surface area (Å²) >= 11 is 0. The quantitative estimate of drug-likeness (QED) is 0.649. The van der Waals surface area contributed by atoms with E-state index in [1.165, 1.54) is 24.8 Å². The van der Waals surface area contributed by atoms with Gasteiger partial charge >= 0.3 is 0 Å². The third-order valence-corrected chi connectivity index (χ3v) is 2.85. The van der Waals surface area contributed by atoms with Crippen molar-refractivity contribution in [1.82, 2.24) is 0 Å². The van der Waals surface area contributed by atoms with E-state index < -0.39 is 0 Å². The van der Waals surface area contributed by atoms with Gasteiger partial charge in [0.2, 0.25) is 0 Å². The Balaban J connectivity index is 2.28. The maximum absolute atomic E-state index is 5.56. The summed E-state index contributed by atoms with van der Waals surface area (Å²) in [5, 5.41) is 0. The zero-order chi connectivity index (χ0) is 8.44. The van der Waals surface area contributed by atoms with Crippen LogP contribution in [0.5, 0.6) is 0 Å². The first-order chi connectivity index (χ1) is 5.87. The summed E-state index contributed by atoms with van der Waals surface area (Å²) in [6.07, 6.45) is 3.64. The summed E-state index contributed by atoms with van der Waals surface area (Å²) in [4.78, 5) is 0. The fourth-order valence-corrected chi connectivity index (χ4v) is 1.85. The van der Waals surface area contributed by atoms with Gasteiger partial charge in [0.1, 0.15) is 0 Å². The summed E-state index contributed by atoms with van der Waals surface area (Å²) in [6, 6.07) is 10.5. The van der Waals surface area contributed by atoms with Gasteiger partial charge in [0.25, 0.3) is 0 Å². The highest BCUT2D eigenvalue weighted by Gasteiger charge is 2.38. The Hall–Kier alpha value is -0.820. The minimum atomic E-state index is 0.0568. The molecule has 0 N–H and O–H groups in total. The van der Waals surface area contributed by atoms with E-state index in [-0.39, 0.29) is 5.60 Å². The van der Waals surface area contributed by atoms with E-state index >= 15 is 0 Å². The molecule has 0 amide bonds. The third-order valence-electron chi connectivity index (χ3n) is 2.85. The summed E-state index contributed by atoms with van der Waals surface area (Å²) in [6.45, 7) is 0. The molecule has 12 heavy (non-hydrogen) atoms. The first-order valence-electron chi connectivity index (χ1n) is 4.48. The van der Waals surface area contributed by atoms with Crippen molar-refractivity contribution in [2.45, 2.75) is 24.9 Å². The van der Waals surface area contributed by atoms with Crippen LogP contribution in [0, 0.1) is 0 Å². The first kappa shape index (κ1) is 7.81. The van der Waals surface area contributed by atoms with Gasteiger partial charge in [0.05, 0.1) is 5.60 Å². The Bertz CT molecular complexity index is 243. The van der Waals surface area contributed by atoms with Crippen LogP contribution in [0.3, 0.4) is 0 Å². The second kappa shape index (κ2) is 2.91. The predicted octanol–water partition coefficient (Wildman–Crippen LogP) is 2.71. The van der Waals surface area contributed by atoms with Gasteiger partial charge in [0, 0.05) is 7.11 Å². The SMILES string of the molecule is COC1(c2ccccc2)CCC1.